The Balaban J connectivity index is 1.48. The summed E-state index contributed by atoms with van der Waals surface area (Å²) in [4.78, 5) is 34.4. The zero-order valence-electron chi connectivity index (χ0n) is 91.7. The number of benzene rings is 3. The summed E-state index contributed by atoms with van der Waals surface area (Å²) < 4.78 is 65.0. The number of carbonyl (C=O) groups is 2. The van der Waals surface area contributed by atoms with E-state index in [1.807, 2.05) is 42.5 Å². The Bertz CT molecular complexity index is 3570. The molecule has 0 radical (unpaired) electrons. The number of rotatable bonds is 105. The number of carbonyl (C=O) groups excluding carboxylic acids is 1. The number of carboxylic acid groups (broad SMARTS) is 1. The van der Waals surface area contributed by atoms with Gasteiger partial charge in [-0.2, -0.15) is 0 Å². The second-order valence-corrected chi connectivity index (χ2v) is 42.1. The molecule has 2 aromatic heterocycles. The predicted octanol–water partition coefficient (Wildman–Crippen LogP) is 41.1. The maximum atomic E-state index is 17.2. The molecular formula is C126H214BFN2O10. The minimum atomic E-state index is -2.08. The van der Waals surface area contributed by atoms with Gasteiger partial charge in [0.2, 0.25) is 17.3 Å². The molecule has 12 nitrogen and oxygen atoms in total. The van der Waals surface area contributed by atoms with Gasteiger partial charge in [0, 0.05) is 34.1 Å². The van der Waals surface area contributed by atoms with Gasteiger partial charge in [0.25, 0.3) is 0 Å². The maximum Gasteiger partial charge on any atom is 0.601 e. The van der Waals surface area contributed by atoms with E-state index in [0.717, 1.165) is 88.2 Å². The van der Waals surface area contributed by atoms with Gasteiger partial charge in [-0.05, 0) is 99.2 Å². The molecule has 0 amide bonds. The van der Waals surface area contributed by atoms with Crippen molar-refractivity contribution in [1.82, 2.24) is 9.97 Å². The quantitative estimate of drug-likeness (QED) is 0.0113. The lowest BCUT2D eigenvalue weighted by Gasteiger charge is -2.19. The van der Waals surface area contributed by atoms with Gasteiger partial charge in [-0.1, -0.05) is 554 Å². The molecule has 0 atom stereocenters. The molecule has 798 valence electrons. The fourth-order valence-electron chi connectivity index (χ4n) is 19.8. The highest BCUT2D eigenvalue weighted by atomic mass is 19.1. The third-order valence-electron chi connectivity index (χ3n) is 29.0. The van der Waals surface area contributed by atoms with Crippen molar-refractivity contribution in [2.24, 2.45) is 0 Å². The highest BCUT2D eigenvalue weighted by Gasteiger charge is 2.28. The lowest BCUT2D eigenvalue weighted by atomic mass is 9.82. The molecule has 0 fully saturated rings. The van der Waals surface area contributed by atoms with Crippen LogP contribution in [0.1, 0.15) is 607 Å². The van der Waals surface area contributed by atoms with E-state index in [4.69, 9.17) is 33.1 Å². The smallest absolute Gasteiger partial charge is 0.528 e. The molecule has 5 aromatic rings. The summed E-state index contributed by atoms with van der Waals surface area (Å²) in [5, 5.41) is 9.88. The molecule has 0 bridgehead atoms. The van der Waals surface area contributed by atoms with Gasteiger partial charge in [0.1, 0.15) is 5.76 Å². The number of H-pyrrole nitrogens is 2. The standard InChI is InChI=1S/C126H214BFN2O10/c1-7-13-19-25-31-37-43-49-55-61-67-73-79-85-99-134-120-105-111(106-121(135-100-86-80-74-68-62-56-50-44-38-32-26-20-14-8-2)124(120)138-103-89-83-77-71-65-59-53-47-41-35-29-23-17-11-5)114-95-97-116(129-114)118(131)109-119(140-127(128)113-93-91-110(92-94-113)126(132)133)117-98-96-115(130-117)112-107-122(136-101-87-81-75-69-63-57-51-45-39-33-27-21-15-9-3)125(139-104-90-84-78-72-66-60-54-48-42-36-30-24-18-12-6)123(108-112)137-102-88-82-76-70-64-58-52-46-40-34-28-22-16-10-4/h91-98,105-109,129-130H,7-90,99-104H2,1-6H3,(H,132,133)/b119-109-. The molecule has 2 heterocycles. The van der Waals surface area contributed by atoms with E-state index >= 15 is 9.11 Å². The summed E-state index contributed by atoms with van der Waals surface area (Å²) in [5.41, 5.74) is 3.70. The van der Waals surface area contributed by atoms with E-state index < -0.39 is 18.9 Å². The summed E-state index contributed by atoms with van der Waals surface area (Å²) in [6, 6.07) is 21.2. The SMILES string of the molecule is CCCCCCCCCCCCCCCCOc1cc(-c2ccc(C(=O)/C=C(\OB(F)c3ccc(C(=O)O)cc3)c3ccc(-c4cc(OCCCCCCCCCCCCCCCC)c(OCCCCCCCCCCCCCCCC)c(OCCCCCCCCCCCCCCCC)c4)[nH]3)[nH]2)cc(OCCCCCCCCCCCCCCCC)c1OCCCCCCCCCCCCCCCC. The van der Waals surface area contributed by atoms with Crippen LogP contribution in [0.15, 0.2) is 78.9 Å². The number of ketones is 1. The zero-order valence-corrected chi connectivity index (χ0v) is 91.7. The number of nitrogens with one attached hydrogen (secondary N) is 2. The van der Waals surface area contributed by atoms with Crippen LogP contribution in [0.5, 0.6) is 34.5 Å². The molecule has 5 rings (SSSR count). The van der Waals surface area contributed by atoms with Gasteiger partial charge in [-0.15, -0.1) is 0 Å². The van der Waals surface area contributed by atoms with Crippen LogP contribution in [-0.2, 0) is 4.65 Å². The maximum absolute atomic E-state index is 17.2. The topological polar surface area (TPSA) is 151 Å². The van der Waals surface area contributed by atoms with Crippen LogP contribution >= 0.6 is 0 Å². The van der Waals surface area contributed by atoms with E-state index in [9.17, 15) is 9.90 Å². The lowest BCUT2D eigenvalue weighted by Crippen LogP contribution is -2.29. The van der Waals surface area contributed by atoms with Crippen molar-refractivity contribution >= 4 is 30.2 Å². The average molecular weight is 1950 g/mol. The molecule has 140 heavy (non-hydrogen) atoms. The van der Waals surface area contributed by atoms with Crippen molar-refractivity contribution in [3.05, 3.63) is 95.8 Å². The van der Waals surface area contributed by atoms with Gasteiger partial charge >= 0.3 is 13.2 Å². The first-order valence-electron chi connectivity index (χ1n) is 60.6. The molecule has 0 saturated carbocycles. The molecule has 0 spiro atoms. The van der Waals surface area contributed by atoms with Gasteiger partial charge in [0.15, 0.2) is 23.0 Å². The van der Waals surface area contributed by atoms with Gasteiger partial charge < -0.3 is 48.2 Å². The molecular weight excluding hydrogens is 1730 g/mol. The Morgan fingerprint density at radius 3 is 0.664 bits per heavy atom. The van der Waals surface area contributed by atoms with Crippen molar-refractivity contribution < 1.29 is 52.1 Å². The summed E-state index contributed by atoms with van der Waals surface area (Å²) >= 11 is 0. The number of aromatic amines is 2. The van der Waals surface area contributed by atoms with Crippen molar-refractivity contribution in [2.45, 2.75) is 581 Å². The van der Waals surface area contributed by atoms with Crippen LogP contribution in [0.4, 0.5) is 4.32 Å². The third kappa shape index (κ3) is 63.9. The second kappa shape index (κ2) is 90.2. The van der Waals surface area contributed by atoms with E-state index in [1.54, 1.807) is 6.07 Å². The van der Waals surface area contributed by atoms with E-state index in [0.29, 0.717) is 91.2 Å². The Morgan fingerprint density at radius 1 is 0.257 bits per heavy atom. The summed E-state index contributed by atoms with van der Waals surface area (Å²) in [6.45, 7) is 17.0. The monoisotopic (exact) mass is 1950 g/mol. The van der Waals surface area contributed by atoms with Crippen LogP contribution in [-0.4, -0.2) is 73.7 Å². The molecule has 0 aliphatic carbocycles. The number of halogens is 1. The Labute approximate surface area is 860 Å². The van der Waals surface area contributed by atoms with E-state index in [-0.39, 0.29) is 22.5 Å². The number of aromatic carboxylic acids is 1. The average Bonchev–Trinajstić information content (AvgIpc) is 1.60. The first-order valence-corrected chi connectivity index (χ1v) is 60.6. The van der Waals surface area contributed by atoms with Gasteiger partial charge in [-0.3, -0.25) is 9.11 Å². The molecule has 3 N–H and O–H groups in total. The normalized spacial score (nSPS) is 11.7. The molecule has 0 saturated heterocycles. The fourth-order valence-corrected chi connectivity index (χ4v) is 19.8. The predicted molar refractivity (Wildman–Crippen MR) is 601 cm³/mol. The Morgan fingerprint density at radius 2 is 0.450 bits per heavy atom. The van der Waals surface area contributed by atoms with Crippen LogP contribution in [0.25, 0.3) is 28.3 Å². The first-order chi connectivity index (χ1) is 69.1. The number of hydrogen-bond donors (Lipinski definition) is 3. The summed E-state index contributed by atoms with van der Waals surface area (Å²) in [5.74, 6) is 2.21. The minimum absolute atomic E-state index is 0.0235. The largest absolute Gasteiger partial charge is 0.601 e. The van der Waals surface area contributed by atoms with Crippen molar-refractivity contribution in [1.29, 1.82) is 0 Å². The van der Waals surface area contributed by atoms with Crippen molar-refractivity contribution in [3.8, 4) is 57.0 Å². The highest BCUT2D eigenvalue weighted by molar-refractivity contribution is 6.61. The van der Waals surface area contributed by atoms with Gasteiger partial charge in [-0.25, -0.2) is 4.79 Å². The van der Waals surface area contributed by atoms with Crippen LogP contribution in [0, 0.1) is 0 Å². The molecule has 0 aliphatic rings. The summed E-state index contributed by atoms with van der Waals surface area (Å²) in [6.07, 6.45) is 109. The molecule has 0 aliphatic heterocycles. The van der Waals surface area contributed by atoms with E-state index in [2.05, 4.69) is 51.5 Å². The number of allylic oxidation sites excluding steroid dienone is 1. The number of ether oxygens (including phenoxy) is 6. The van der Waals surface area contributed by atoms with E-state index in [1.165, 1.54) is 493 Å². The Hall–Kier alpha value is -6.31. The van der Waals surface area contributed by atoms with Crippen molar-refractivity contribution in [2.75, 3.05) is 39.6 Å². The summed E-state index contributed by atoms with van der Waals surface area (Å²) in [7, 11) is -2.08. The zero-order chi connectivity index (χ0) is 99.6. The molecule has 3 aromatic carbocycles. The molecule has 14 heteroatoms. The first kappa shape index (κ1) is 124. The number of hydrogen-bond acceptors (Lipinski definition) is 9. The second-order valence-electron chi connectivity index (χ2n) is 42.1. The molecule has 0 unspecified atom stereocenters. The van der Waals surface area contributed by atoms with Crippen LogP contribution in [0.3, 0.4) is 0 Å². The number of carboxylic acids is 1. The fraction of sp³-hybridized carbons (Fsp3) is 0.762. The van der Waals surface area contributed by atoms with Crippen LogP contribution in [0.2, 0.25) is 0 Å². The van der Waals surface area contributed by atoms with Crippen molar-refractivity contribution in [3.63, 3.8) is 0 Å². The number of unbranched alkanes of at least 4 members (excludes halogenated alkanes) is 78. The number of aromatic nitrogens is 2. The lowest BCUT2D eigenvalue weighted by molar-refractivity contribution is 0.0696. The highest BCUT2D eigenvalue weighted by Crippen LogP contribution is 2.45. The minimum Gasteiger partial charge on any atom is -0.528 e. The van der Waals surface area contributed by atoms with Gasteiger partial charge in [0.05, 0.1) is 56.6 Å². The van der Waals surface area contributed by atoms with Crippen LogP contribution < -0.4 is 33.9 Å². The Kier molecular flexibility index (Phi) is 80.0. The third-order valence-corrected chi connectivity index (χ3v) is 29.0.